The normalized spacial score (nSPS) is 10.2. The molecular weight excluding hydrogens is 230 g/mol. The van der Waals surface area contributed by atoms with E-state index >= 15 is 0 Å². The van der Waals surface area contributed by atoms with Crippen LogP contribution in [0.2, 0.25) is 0 Å². The third-order valence-electron chi connectivity index (χ3n) is 3.24. The smallest absolute Gasteiger partial charge is 0.0841 e. The van der Waals surface area contributed by atoms with Crippen LogP contribution in [0.4, 0.5) is 0 Å². The molecule has 1 heteroatoms. The molecule has 1 heterocycles. The van der Waals surface area contributed by atoms with Crippen molar-refractivity contribution in [3.8, 4) is 11.8 Å². The number of nitrogens with zero attached hydrogens (tertiary/aromatic N) is 1. The molecule has 0 saturated carbocycles. The lowest BCUT2D eigenvalue weighted by Crippen LogP contribution is -1.92. The number of hydrogen-bond donors (Lipinski definition) is 0. The zero-order chi connectivity index (χ0) is 13.1. The first-order chi connectivity index (χ1) is 9.34. The number of aromatic nitrogens is 1. The lowest BCUT2D eigenvalue weighted by atomic mass is 10.2. The van der Waals surface area contributed by atoms with Crippen molar-refractivity contribution in [2.24, 2.45) is 0 Å². The van der Waals surface area contributed by atoms with Gasteiger partial charge in [-0.3, -0.25) is 0 Å². The molecule has 0 spiro atoms. The topological polar surface area (TPSA) is 4.93 Å². The number of rotatable bonds is 1. The molecule has 3 rings (SSSR count). The Hall–Kier alpha value is -2.46. The average molecular weight is 245 g/mol. The van der Waals surface area contributed by atoms with Gasteiger partial charge in [0.15, 0.2) is 0 Å². The third kappa shape index (κ3) is 2.39. The largest absolute Gasteiger partial charge is 0.336 e. The van der Waals surface area contributed by atoms with Gasteiger partial charge in [0.1, 0.15) is 0 Å². The molecule has 3 aromatic rings. The SMILES string of the molecule is Cc1cn(CC#Cc2ccccc2)c2ccccc12. The molecule has 0 aliphatic heterocycles. The van der Waals surface area contributed by atoms with Crippen LogP contribution in [0.1, 0.15) is 11.1 Å². The monoisotopic (exact) mass is 245 g/mol. The number of aryl methyl sites for hydroxylation is 1. The Kier molecular flexibility index (Phi) is 3.08. The maximum atomic E-state index is 3.24. The fraction of sp³-hybridized carbons (Fsp3) is 0.111. The molecular formula is C18H15N. The summed E-state index contributed by atoms with van der Waals surface area (Å²) in [7, 11) is 0. The highest BCUT2D eigenvalue weighted by atomic mass is 14.9. The average Bonchev–Trinajstić information content (AvgIpc) is 2.78. The van der Waals surface area contributed by atoms with Crippen molar-refractivity contribution in [3.63, 3.8) is 0 Å². The Morgan fingerprint density at radius 3 is 2.53 bits per heavy atom. The molecule has 0 N–H and O–H groups in total. The minimum Gasteiger partial charge on any atom is -0.336 e. The van der Waals surface area contributed by atoms with Crippen molar-refractivity contribution in [2.75, 3.05) is 0 Å². The van der Waals surface area contributed by atoms with E-state index in [2.05, 4.69) is 53.8 Å². The van der Waals surface area contributed by atoms with Crippen LogP contribution >= 0.6 is 0 Å². The van der Waals surface area contributed by atoms with Crippen LogP contribution in [0.3, 0.4) is 0 Å². The van der Waals surface area contributed by atoms with Crippen LogP contribution in [0, 0.1) is 18.8 Å². The summed E-state index contributed by atoms with van der Waals surface area (Å²) in [5.74, 6) is 6.43. The molecule has 0 atom stereocenters. The second-order valence-corrected chi connectivity index (χ2v) is 4.62. The highest BCUT2D eigenvalue weighted by Crippen LogP contribution is 2.19. The van der Waals surface area contributed by atoms with Gasteiger partial charge >= 0.3 is 0 Å². The van der Waals surface area contributed by atoms with Crippen molar-refractivity contribution in [1.29, 1.82) is 0 Å². The van der Waals surface area contributed by atoms with Gasteiger partial charge in [0.25, 0.3) is 0 Å². The lowest BCUT2D eigenvalue weighted by Gasteiger charge is -1.98. The number of benzene rings is 2. The number of fused-ring (bicyclic) bond motifs is 1. The predicted molar refractivity (Wildman–Crippen MR) is 80.0 cm³/mol. The van der Waals surface area contributed by atoms with E-state index in [1.54, 1.807) is 0 Å². The molecule has 0 aliphatic carbocycles. The van der Waals surface area contributed by atoms with Gasteiger partial charge in [0.05, 0.1) is 6.54 Å². The summed E-state index contributed by atoms with van der Waals surface area (Å²) in [5, 5.41) is 1.31. The van der Waals surface area contributed by atoms with Gasteiger partial charge in [-0.25, -0.2) is 0 Å². The molecule has 1 nitrogen and oxygen atoms in total. The third-order valence-corrected chi connectivity index (χ3v) is 3.24. The Balaban J connectivity index is 1.89. The number of hydrogen-bond acceptors (Lipinski definition) is 0. The molecule has 0 saturated heterocycles. The van der Waals surface area contributed by atoms with E-state index in [9.17, 15) is 0 Å². The first-order valence-electron chi connectivity index (χ1n) is 6.43. The maximum absolute atomic E-state index is 3.24. The highest BCUT2D eigenvalue weighted by Gasteiger charge is 2.02. The van der Waals surface area contributed by atoms with Gasteiger partial charge in [-0.2, -0.15) is 0 Å². The van der Waals surface area contributed by atoms with Crippen molar-refractivity contribution in [3.05, 3.63) is 71.9 Å². The van der Waals surface area contributed by atoms with E-state index in [0.29, 0.717) is 0 Å². The molecule has 2 aromatic carbocycles. The molecule has 1 aromatic heterocycles. The van der Waals surface area contributed by atoms with Gasteiger partial charge in [0, 0.05) is 22.7 Å². The van der Waals surface area contributed by atoms with Crippen LogP contribution in [-0.2, 0) is 6.54 Å². The second-order valence-electron chi connectivity index (χ2n) is 4.62. The second kappa shape index (κ2) is 5.04. The first kappa shape index (κ1) is 11.6. The standard InChI is InChI=1S/C18H15N/c1-15-14-19(18-12-6-5-11-17(15)18)13-7-10-16-8-3-2-4-9-16/h2-6,8-9,11-12,14H,13H2,1H3. The van der Waals surface area contributed by atoms with E-state index in [0.717, 1.165) is 12.1 Å². The van der Waals surface area contributed by atoms with E-state index < -0.39 is 0 Å². The Morgan fingerprint density at radius 1 is 0.947 bits per heavy atom. The highest BCUT2D eigenvalue weighted by molar-refractivity contribution is 5.83. The van der Waals surface area contributed by atoms with Crippen molar-refractivity contribution < 1.29 is 0 Å². The first-order valence-corrected chi connectivity index (χ1v) is 6.43. The quantitative estimate of drug-likeness (QED) is 0.571. The molecule has 0 radical (unpaired) electrons. The summed E-state index contributed by atoms with van der Waals surface area (Å²) in [6.07, 6.45) is 2.17. The van der Waals surface area contributed by atoms with Gasteiger partial charge in [-0.1, -0.05) is 48.2 Å². The van der Waals surface area contributed by atoms with Crippen molar-refractivity contribution >= 4 is 10.9 Å². The molecule has 0 unspecified atom stereocenters. The summed E-state index contributed by atoms with van der Waals surface area (Å²) in [6, 6.07) is 18.6. The number of para-hydroxylation sites is 1. The summed E-state index contributed by atoms with van der Waals surface area (Å²) >= 11 is 0. The minimum atomic E-state index is 0.725. The predicted octanol–water partition coefficient (Wildman–Crippen LogP) is 4.00. The van der Waals surface area contributed by atoms with E-state index in [4.69, 9.17) is 0 Å². The zero-order valence-electron chi connectivity index (χ0n) is 10.9. The molecule has 92 valence electrons. The summed E-state index contributed by atoms with van der Waals surface area (Å²) < 4.78 is 2.21. The van der Waals surface area contributed by atoms with E-state index in [1.165, 1.54) is 16.5 Å². The van der Waals surface area contributed by atoms with Crippen molar-refractivity contribution in [2.45, 2.75) is 13.5 Å². The summed E-state index contributed by atoms with van der Waals surface area (Å²) in [6.45, 7) is 2.87. The van der Waals surface area contributed by atoms with Gasteiger partial charge in [-0.15, -0.1) is 0 Å². The summed E-state index contributed by atoms with van der Waals surface area (Å²) in [5.41, 5.74) is 3.62. The van der Waals surface area contributed by atoms with Gasteiger partial charge in [0.2, 0.25) is 0 Å². The fourth-order valence-corrected chi connectivity index (χ4v) is 2.31. The van der Waals surface area contributed by atoms with E-state index in [1.807, 2.05) is 30.3 Å². The zero-order valence-corrected chi connectivity index (χ0v) is 10.9. The lowest BCUT2D eigenvalue weighted by molar-refractivity contribution is 0.882. The van der Waals surface area contributed by atoms with Gasteiger partial charge < -0.3 is 4.57 Å². The van der Waals surface area contributed by atoms with E-state index in [-0.39, 0.29) is 0 Å². The Morgan fingerprint density at radius 2 is 1.68 bits per heavy atom. The van der Waals surface area contributed by atoms with Crippen LogP contribution in [0.15, 0.2) is 60.8 Å². The minimum absolute atomic E-state index is 0.725. The van der Waals surface area contributed by atoms with Crippen LogP contribution in [0.5, 0.6) is 0 Å². The van der Waals surface area contributed by atoms with Gasteiger partial charge in [-0.05, 0) is 30.7 Å². The fourth-order valence-electron chi connectivity index (χ4n) is 2.31. The van der Waals surface area contributed by atoms with Crippen LogP contribution in [-0.4, -0.2) is 4.57 Å². The molecule has 0 amide bonds. The summed E-state index contributed by atoms with van der Waals surface area (Å²) in [4.78, 5) is 0. The van der Waals surface area contributed by atoms with Crippen LogP contribution in [0.25, 0.3) is 10.9 Å². The Bertz CT molecular complexity index is 754. The maximum Gasteiger partial charge on any atom is 0.0841 e. The molecule has 0 fully saturated rings. The van der Waals surface area contributed by atoms with Crippen LogP contribution < -0.4 is 0 Å². The van der Waals surface area contributed by atoms with Crippen molar-refractivity contribution in [1.82, 2.24) is 4.57 Å². The molecule has 0 aliphatic rings. The molecule has 0 bridgehead atoms. The Labute approximate surface area is 113 Å². The molecule has 19 heavy (non-hydrogen) atoms.